The van der Waals surface area contributed by atoms with E-state index in [1.54, 1.807) is 11.8 Å². The van der Waals surface area contributed by atoms with Crippen molar-refractivity contribution in [1.82, 2.24) is 10.2 Å². The van der Waals surface area contributed by atoms with Gasteiger partial charge < -0.3 is 10.2 Å². The molecule has 14 heavy (non-hydrogen) atoms. The fraction of sp³-hybridized carbons (Fsp3) is 0.556. The van der Waals surface area contributed by atoms with E-state index in [0.29, 0.717) is 5.37 Å². The van der Waals surface area contributed by atoms with Crippen molar-refractivity contribution < 1.29 is 21.9 Å². The first-order valence-corrected chi connectivity index (χ1v) is 5.35. The molecule has 2 aliphatic heterocycles. The minimum atomic E-state index is 0. The second kappa shape index (κ2) is 4.19. The summed E-state index contributed by atoms with van der Waals surface area (Å²) in [6.45, 7) is 5.90. The molecule has 2 heterocycles. The molecule has 0 spiro atoms. The Kier molecular flexibility index (Phi) is 3.58. The molecule has 79 valence electrons. The SMILES string of the molecule is [CH2-]C1=C(C)N2C(=O)C(NC)C2SC1.[Mn]. The average molecular weight is 252 g/mol. The molecule has 2 rings (SSSR count). The van der Waals surface area contributed by atoms with Crippen LogP contribution in [-0.4, -0.2) is 35.0 Å². The topological polar surface area (TPSA) is 32.3 Å². The molecule has 1 amide bonds. The fourth-order valence-electron chi connectivity index (χ4n) is 1.72. The van der Waals surface area contributed by atoms with Crippen molar-refractivity contribution in [2.24, 2.45) is 0 Å². The predicted octanol–water partition coefficient (Wildman–Crippen LogP) is 0.595. The van der Waals surface area contributed by atoms with Gasteiger partial charge in [-0.2, -0.15) is 5.57 Å². The van der Waals surface area contributed by atoms with E-state index in [1.165, 1.54) is 0 Å². The molecule has 2 atom stereocenters. The Labute approximate surface area is 99.1 Å². The third-order valence-electron chi connectivity index (χ3n) is 2.66. The van der Waals surface area contributed by atoms with Crippen LogP contribution in [0.3, 0.4) is 0 Å². The summed E-state index contributed by atoms with van der Waals surface area (Å²) in [6.07, 6.45) is 0. The molecule has 1 radical (unpaired) electrons. The van der Waals surface area contributed by atoms with E-state index in [-0.39, 0.29) is 29.0 Å². The van der Waals surface area contributed by atoms with Gasteiger partial charge in [-0.25, -0.2) is 6.92 Å². The molecule has 1 fully saturated rings. The third kappa shape index (κ3) is 1.48. The molecular weight excluding hydrogens is 239 g/mol. The number of fused-ring (bicyclic) bond motifs is 1. The summed E-state index contributed by atoms with van der Waals surface area (Å²) in [6, 6.07) is 0.00745. The summed E-state index contributed by atoms with van der Waals surface area (Å²) in [7, 11) is 1.83. The summed E-state index contributed by atoms with van der Waals surface area (Å²) in [4.78, 5) is 13.4. The number of nitrogens with zero attached hydrogens (tertiary/aromatic N) is 1. The third-order valence-corrected chi connectivity index (χ3v) is 4.00. The number of amides is 1. The Morgan fingerprint density at radius 3 is 2.86 bits per heavy atom. The zero-order valence-corrected chi connectivity index (χ0v) is 10.2. The van der Waals surface area contributed by atoms with Crippen LogP contribution >= 0.6 is 11.8 Å². The average Bonchev–Trinajstić information content (AvgIpc) is 2.10. The second-order valence-corrected chi connectivity index (χ2v) is 4.47. The van der Waals surface area contributed by atoms with Gasteiger partial charge in [0.15, 0.2) is 0 Å². The van der Waals surface area contributed by atoms with Crippen molar-refractivity contribution in [2.75, 3.05) is 12.8 Å². The van der Waals surface area contributed by atoms with E-state index in [2.05, 4.69) is 12.2 Å². The first kappa shape index (κ1) is 12.0. The Balaban J connectivity index is 0.000000980. The van der Waals surface area contributed by atoms with Crippen molar-refractivity contribution in [3.8, 4) is 0 Å². The van der Waals surface area contributed by atoms with Gasteiger partial charge in [0, 0.05) is 17.1 Å². The first-order chi connectivity index (χ1) is 6.16. The number of carbonyl (C=O) groups is 1. The van der Waals surface area contributed by atoms with E-state index in [9.17, 15) is 4.79 Å². The molecule has 1 N–H and O–H groups in total. The number of thioether (sulfide) groups is 1. The van der Waals surface area contributed by atoms with Gasteiger partial charge in [-0.3, -0.25) is 4.79 Å². The van der Waals surface area contributed by atoms with Gasteiger partial charge >= 0.3 is 0 Å². The maximum atomic E-state index is 11.6. The minimum Gasteiger partial charge on any atom is -0.380 e. The number of hydrogen-bond acceptors (Lipinski definition) is 3. The van der Waals surface area contributed by atoms with Crippen LogP contribution in [0.1, 0.15) is 6.92 Å². The summed E-state index contributed by atoms with van der Waals surface area (Å²) in [5.74, 6) is 1.12. The smallest absolute Gasteiger partial charge is 0.231 e. The van der Waals surface area contributed by atoms with E-state index in [0.717, 1.165) is 17.0 Å². The van der Waals surface area contributed by atoms with Crippen LogP contribution in [0.5, 0.6) is 0 Å². The van der Waals surface area contributed by atoms with Crippen LogP contribution in [-0.2, 0) is 21.9 Å². The molecule has 3 nitrogen and oxygen atoms in total. The summed E-state index contributed by atoms with van der Waals surface area (Å²) >= 11 is 1.78. The molecule has 2 aliphatic rings. The molecule has 0 aromatic rings. The molecular formula is C9H13MnN2OS-. The fourth-order valence-corrected chi connectivity index (χ4v) is 3.15. The van der Waals surface area contributed by atoms with Crippen molar-refractivity contribution in [3.63, 3.8) is 0 Å². The van der Waals surface area contributed by atoms with Gasteiger partial charge in [-0.05, 0) is 12.8 Å². The number of β-lactam (4-membered cyclic amide) rings is 1. The number of likely N-dealkylation sites (N-methyl/N-ethyl adjacent to an activating group) is 1. The van der Waals surface area contributed by atoms with Gasteiger partial charge in [0.25, 0.3) is 0 Å². The largest absolute Gasteiger partial charge is 0.380 e. The van der Waals surface area contributed by atoms with E-state index in [4.69, 9.17) is 0 Å². The van der Waals surface area contributed by atoms with Crippen LogP contribution in [0, 0.1) is 6.92 Å². The van der Waals surface area contributed by atoms with Crippen molar-refractivity contribution in [2.45, 2.75) is 18.3 Å². The van der Waals surface area contributed by atoms with Gasteiger partial charge in [0.2, 0.25) is 5.91 Å². The molecule has 1 saturated heterocycles. The van der Waals surface area contributed by atoms with Crippen LogP contribution in [0.2, 0.25) is 0 Å². The summed E-state index contributed by atoms with van der Waals surface area (Å²) in [5, 5.41) is 3.33. The molecule has 0 aromatic heterocycles. The zero-order chi connectivity index (χ0) is 9.59. The molecule has 0 bridgehead atoms. The van der Waals surface area contributed by atoms with Gasteiger partial charge in [-0.1, -0.05) is 6.92 Å². The van der Waals surface area contributed by atoms with Crippen LogP contribution < -0.4 is 5.32 Å². The maximum absolute atomic E-state index is 11.6. The quantitative estimate of drug-likeness (QED) is 0.421. The van der Waals surface area contributed by atoms with Crippen LogP contribution in [0.15, 0.2) is 11.3 Å². The summed E-state index contributed by atoms with van der Waals surface area (Å²) < 4.78 is 0. The Hall–Kier alpha value is -0.0905. The number of rotatable bonds is 1. The Bertz CT molecular complexity index is 293. The number of hydrogen-bond donors (Lipinski definition) is 1. The first-order valence-electron chi connectivity index (χ1n) is 4.30. The minimum absolute atomic E-state index is 0. The molecule has 5 heteroatoms. The van der Waals surface area contributed by atoms with Crippen molar-refractivity contribution >= 4 is 17.7 Å². The number of nitrogens with one attached hydrogen (secondary N) is 1. The van der Waals surface area contributed by atoms with E-state index in [1.807, 2.05) is 18.9 Å². The molecule has 0 aliphatic carbocycles. The maximum Gasteiger partial charge on any atom is 0.231 e. The monoisotopic (exact) mass is 252 g/mol. The number of allylic oxidation sites excluding steroid dienone is 1. The van der Waals surface area contributed by atoms with Gasteiger partial charge in [0.1, 0.15) is 6.04 Å². The van der Waals surface area contributed by atoms with Gasteiger partial charge in [0.05, 0.1) is 5.37 Å². The molecule has 2 unspecified atom stereocenters. The summed E-state index contributed by atoms with van der Waals surface area (Å²) in [5.41, 5.74) is 2.12. The predicted molar refractivity (Wildman–Crippen MR) is 54.0 cm³/mol. The molecule has 0 saturated carbocycles. The Morgan fingerprint density at radius 2 is 2.29 bits per heavy atom. The molecule has 0 aromatic carbocycles. The van der Waals surface area contributed by atoms with Gasteiger partial charge in [-0.15, -0.1) is 17.5 Å². The Morgan fingerprint density at radius 1 is 1.64 bits per heavy atom. The van der Waals surface area contributed by atoms with Crippen LogP contribution in [0.4, 0.5) is 0 Å². The second-order valence-electron chi connectivity index (χ2n) is 3.37. The zero-order valence-electron chi connectivity index (χ0n) is 8.21. The van der Waals surface area contributed by atoms with E-state index < -0.39 is 0 Å². The van der Waals surface area contributed by atoms with Crippen molar-refractivity contribution in [1.29, 1.82) is 0 Å². The van der Waals surface area contributed by atoms with E-state index >= 15 is 0 Å². The normalized spacial score (nSPS) is 30.7. The standard InChI is InChI=1S/C9H13N2OS.Mn/c1-5-4-13-9-7(10-3)8(12)11(9)6(5)2;/h7,9-10H,1,4H2,2-3H3;/q-1;. The van der Waals surface area contributed by atoms with Crippen molar-refractivity contribution in [3.05, 3.63) is 18.2 Å². The van der Waals surface area contributed by atoms with Crippen LogP contribution in [0.25, 0.3) is 0 Å². The number of carbonyl (C=O) groups excluding carboxylic acids is 1.